The van der Waals surface area contributed by atoms with Crippen molar-refractivity contribution in [2.24, 2.45) is 40.4 Å². The molecule has 0 saturated heterocycles. The van der Waals surface area contributed by atoms with Gasteiger partial charge in [0.15, 0.2) is 0 Å². The lowest BCUT2D eigenvalue weighted by Crippen LogP contribution is -2.46. The first kappa shape index (κ1) is 18.5. The average molecular weight is 291 g/mol. The maximum absolute atomic E-state index is 4.31. The van der Waals surface area contributed by atoms with Crippen LogP contribution in [0.15, 0.2) is 24.8 Å². The van der Waals surface area contributed by atoms with Crippen LogP contribution in [-0.4, -0.2) is 0 Å². The van der Waals surface area contributed by atoms with E-state index < -0.39 is 0 Å². The minimum absolute atomic E-state index is 0.207. The Balaban J connectivity index is 3.09. The molecule has 0 amide bonds. The Morgan fingerprint density at radius 1 is 1.24 bits per heavy atom. The van der Waals surface area contributed by atoms with Crippen molar-refractivity contribution in [3.63, 3.8) is 0 Å². The van der Waals surface area contributed by atoms with Gasteiger partial charge < -0.3 is 0 Å². The van der Waals surface area contributed by atoms with E-state index in [-0.39, 0.29) is 10.8 Å². The largest absolute Gasteiger partial charge is 0.103 e. The van der Waals surface area contributed by atoms with Gasteiger partial charge in [-0.25, -0.2) is 0 Å². The number of allylic oxidation sites excluding steroid dienone is 2. The molecule has 21 heavy (non-hydrogen) atoms. The van der Waals surface area contributed by atoms with Gasteiger partial charge in [0.2, 0.25) is 0 Å². The Bertz CT molecular complexity index is 387. The minimum Gasteiger partial charge on any atom is -0.103 e. The van der Waals surface area contributed by atoms with E-state index >= 15 is 0 Å². The molecule has 0 aromatic heterocycles. The van der Waals surface area contributed by atoms with Gasteiger partial charge in [-0.2, -0.15) is 0 Å². The molecule has 1 aliphatic carbocycles. The van der Waals surface area contributed by atoms with Gasteiger partial charge in [0.1, 0.15) is 0 Å². The van der Waals surface area contributed by atoms with Gasteiger partial charge in [-0.05, 0) is 60.2 Å². The van der Waals surface area contributed by atoms with Crippen LogP contribution >= 0.6 is 0 Å². The van der Waals surface area contributed by atoms with Crippen LogP contribution in [0.4, 0.5) is 0 Å². The van der Waals surface area contributed by atoms with E-state index in [2.05, 4.69) is 74.6 Å². The molecule has 1 rings (SSSR count). The molecule has 0 aromatic carbocycles. The molecule has 5 atom stereocenters. The summed E-state index contributed by atoms with van der Waals surface area (Å²) < 4.78 is 0. The monoisotopic (exact) mass is 290 g/mol. The summed E-state index contributed by atoms with van der Waals surface area (Å²) in [6, 6.07) is 0. The first-order valence-corrected chi connectivity index (χ1v) is 8.77. The summed E-state index contributed by atoms with van der Waals surface area (Å²) in [5, 5.41) is 0. The zero-order chi connectivity index (χ0) is 16.6. The van der Waals surface area contributed by atoms with Crippen LogP contribution in [0.5, 0.6) is 0 Å². The van der Waals surface area contributed by atoms with Crippen molar-refractivity contribution in [2.45, 2.75) is 68.2 Å². The van der Waals surface area contributed by atoms with Crippen LogP contribution in [0.3, 0.4) is 0 Å². The molecule has 0 heterocycles. The van der Waals surface area contributed by atoms with Crippen molar-refractivity contribution in [3.8, 4) is 0 Å². The molecule has 0 radical (unpaired) electrons. The second-order valence-electron chi connectivity index (χ2n) is 8.91. The fourth-order valence-corrected chi connectivity index (χ4v) is 3.90. The van der Waals surface area contributed by atoms with Crippen molar-refractivity contribution in [3.05, 3.63) is 24.8 Å². The quantitative estimate of drug-likeness (QED) is 0.456. The van der Waals surface area contributed by atoms with Crippen LogP contribution in [0.25, 0.3) is 0 Å². The SMILES string of the molecule is C=CC(C)(CC(C1CC(C)C1C)C(C)(C)C(=C)C)C(C)C. The molecule has 0 nitrogen and oxygen atoms in total. The van der Waals surface area contributed by atoms with Crippen LogP contribution in [0.2, 0.25) is 0 Å². The highest BCUT2D eigenvalue weighted by atomic mass is 14.5. The van der Waals surface area contributed by atoms with Gasteiger partial charge >= 0.3 is 0 Å². The van der Waals surface area contributed by atoms with Crippen molar-refractivity contribution in [1.82, 2.24) is 0 Å². The summed E-state index contributed by atoms with van der Waals surface area (Å²) in [6.07, 6.45) is 4.82. The molecule has 5 unspecified atom stereocenters. The third-order valence-electron chi connectivity index (χ3n) is 7.21. The Labute approximate surface area is 134 Å². The van der Waals surface area contributed by atoms with Gasteiger partial charge in [0, 0.05) is 0 Å². The zero-order valence-electron chi connectivity index (χ0n) is 15.8. The lowest BCUT2D eigenvalue weighted by Gasteiger charge is -2.53. The van der Waals surface area contributed by atoms with Crippen LogP contribution in [0.1, 0.15) is 68.2 Å². The number of hydrogen-bond acceptors (Lipinski definition) is 0. The molecular formula is C21H38. The zero-order valence-corrected chi connectivity index (χ0v) is 15.8. The third-order valence-corrected chi connectivity index (χ3v) is 7.21. The summed E-state index contributed by atoms with van der Waals surface area (Å²) in [5.74, 6) is 3.89. The Morgan fingerprint density at radius 2 is 1.76 bits per heavy atom. The van der Waals surface area contributed by atoms with Gasteiger partial charge in [0.25, 0.3) is 0 Å². The molecular weight excluding hydrogens is 252 g/mol. The first-order valence-electron chi connectivity index (χ1n) is 8.77. The van der Waals surface area contributed by atoms with E-state index in [1.807, 2.05) is 0 Å². The maximum Gasteiger partial charge on any atom is -0.0119 e. The molecule has 0 bridgehead atoms. The summed E-state index contributed by atoms with van der Waals surface area (Å²) >= 11 is 0. The smallest absolute Gasteiger partial charge is 0.0119 e. The fourth-order valence-electron chi connectivity index (χ4n) is 3.90. The molecule has 0 N–H and O–H groups in total. The Kier molecular flexibility index (Phi) is 5.56. The molecule has 122 valence electrons. The predicted molar refractivity (Wildman–Crippen MR) is 96.3 cm³/mol. The molecule has 1 fully saturated rings. The normalized spacial score (nSPS) is 30.4. The molecule has 0 spiro atoms. The van der Waals surface area contributed by atoms with Crippen LogP contribution in [0, 0.1) is 40.4 Å². The van der Waals surface area contributed by atoms with Crippen LogP contribution in [-0.2, 0) is 0 Å². The second kappa shape index (κ2) is 6.31. The topological polar surface area (TPSA) is 0 Å². The highest BCUT2D eigenvalue weighted by molar-refractivity contribution is 5.11. The first-order chi connectivity index (χ1) is 9.47. The maximum atomic E-state index is 4.31. The molecule has 0 aromatic rings. The van der Waals surface area contributed by atoms with E-state index in [4.69, 9.17) is 0 Å². The number of rotatable bonds is 7. The minimum atomic E-state index is 0.207. The Hall–Kier alpha value is -0.520. The Morgan fingerprint density at radius 3 is 2.05 bits per heavy atom. The summed E-state index contributed by atoms with van der Waals surface area (Å²) in [6.45, 7) is 27.4. The number of hydrogen-bond donors (Lipinski definition) is 0. The molecule has 1 aliphatic rings. The van der Waals surface area contributed by atoms with Crippen molar-refractivity contribution in [1.29, 1.82) is 0 Å². The summed E-state index contributed by atoms with van der Waals surface area (Å²) in [7, 11) is 0. The van der Waals surface area contributed by atoms with E-state index in [1.165, 1.54) is 18.4 Å². The van der Waals surface area contributed by atoms with E-state index in [0.29, 0.717) is 11.8 Å². The standard InChI is InChI=1S/C21H38/c1-11-21(10,15(4)5)13-19(20(8,9)14(2)3)18-12-16(6)17(18)7/h11,15-19H,1-2,12-13H2,3-10H3. The lowest BCUT2D eigenvalue weighted by atomic mass is 9.51. The average Bonchev–Trinajstić information content (AvgIpc) is 2.41. The van der Waals surface area contributed by atoms with Gasteiger partial charge in [-0.15, -0.1) is 6.58 Å². The van der Waals surface area contributed by atoms with Gasteiger partial charge in [0.05, 0.1) is 0 Å². The summed E-state index contributed by atoms with van der Waals surface area (Å²) in [4.78, 5) is 0. The highest BCUT2D eigenvalue weighted by Gasteiger charge is 2.47. The third kappa shape index (κ3) is 3.46. The second-order valence-corrected chi connectivity index (χ2v) is 8.91. The van der Waals surface area contributed by atoms with Crippen molar-refractivity contribution >= 4 is 0 Å². The fraction of sp³-hybridized carbons (Fsp3) is 0.810. The predicted octanol–water partition coefficient (Wildman–Crippen LogP) is 6.74. The van der Waals surface area contributed by atoms with Crippen LogP contribution < -0.4 is 0 Å². The van der Waals surface area contributed by atoms with Crippen molar-refractivity contribution in [2.75, 3.05) is 0 Å². The van der Waals surface area contributed by atoms with E-state index in [1.54, 1.807) is 0 Å². The lowest BCUT2D eigenvalue weighted by molar-refractivity contribution is -0.0194. The molecule has 0 aliphatic heterocycles. The van der Waals surface area contributed by atoms with Gasteiger partial charge in [-0.3, -0.25) is 0 Å². The van der Waals surface area contributed by atoms with Gasteiger partial charge in [-0.1, -0.05) is 66.7 Å². The van der Waals surface area contributed by atoms with E-state index in [0.717, 1.165) is 17.8 Å². The summed E-state index contributed by atoms with van der Waals surface area (Å²) in [5.41, 5.74) is 1.75. The van der Waals surface area contributed by atoms with E-state index in [9.17, 15) is 0 Å². The molecule has 1 saturated carbocycles. The highest BCUT2D eigenvalue weighted by Crippen LogP contribution is 2.55. The van der Waals surface area contributed by atoms with Crippen molar-refractivity contribution < 1.29 is 0 Å². The molecule has 0 heteroatoms.